The number of hydrogen-bond acceptors (Lipinski definition) is 8. The molecule has 0 heterocycles. The standard InChI is InChI=1S/C45H90NO8P/c1-3-5-7-9-11-13-15-17-19-20-21-22-23-24-26-28-30-32-34-36-38-45(48)54-43(42-53-55(49,50)52-40-39-46)41-51-44(47)37-35-33-31-29-27-25-18-16-14-12-10-8-6-4-2/h43H,3-42,46H2,1-2H3,(H,49,50). The summed E-state index contributed by atoms with van der Waals surface area (Å²) in [7, 11) is -4.37. The summed E-state index contributed by atoms with van der Waals surface area (Å²) in [6.45, 7) is 3.79. The Bertz CT molecular complexity index is 876. The van der Waals surface area contributed by atoms with Gasteiger partial charge in [0.25, 0.3) is 0 Å². The van der Waals surface area contributed by atoms with Crippen LogP contribution < -0.4 is 5.73 Å². The molecule has 9 nitrogen and oxygen atoms in total. The molecule has 0 spiro atoms. The zero-order chi connectivity index (χ0) is 40.3. The lowest BCUT2D eigenvalue weighted by Gasteiger charge is -2.19. The van der Waals surface area contributed by atoms with Crippen molar-refractivity contribution in [1.82, 2.24) is 0 Å². The lowest BCUT2D eigenvalue weighted by Crippen LogP contribution is -2.29. The lowest BCUT2D eigenvalue weighted by molar-refractivity contribution is -0.161. The molecule has 2 atom stereocenters. The van der Waals surface area contributed by atoms with E-state index in [1.54, 1.807) is 0 Å². The second-order valence-electron chi connectivity index (χ2n) is 16.0. The summed E-state index contributed by atoms with van der Waals surface area (Å²) < 4.78 is 32.8. The number of nitrogens with two attached hydrogens (primary N) is 1. The van der Waals surface area contributed by atoms with E-state index in [0.717, 1.165) is 32.1 Å². The van der Waals surface area contributed by atoms with Crippen LogP contribution in [0, 0.1) is 0 Å². The Morgan fingerprint density at radius 2 is 0.782 bits per heavy atom. The minimum Gasteiger partial charge on any atom is -0.462 e. The van der Waals surface area contributed by atoms with Gasteiger partial charge in [0.15, 0.2) is 6.10 Å². The van der Waals surface area contributed by atoms with Gasteiger partial charge in [0, 0.05) is 19.4 Å². The Hall–Kier alpha value is -0.990. The van der Waals surface area contributed by atoms with Crippen molar-refractivity contribution in [2.24, 2.45) is 5.73 Å². The lowest BCUT2D eigenvalue weighted by atomic mass is 10.0. The van der Waals surface area contributed by atoms with Crippen LogP contribution in [0.4, 0.5) is 0 Å². The van der Waals surface area contributed by atoms with Gasteiger partial charge in [0.05, 0.1) is 13.2 Å². The molecule has 0 aliphatic heterocycles. The van der Waals surface area contributed by atoms with E-state index in [1.165, 1.54) is 180 Å². The molecular weight excluding hydrogens is 713 g/mol. The maximum atomic E-state index is 12.6. The van der Waals surface area contributed by atoms with Crippen molar-refractivity contribution in [3.63, 3.8) is 0 Å². The van der Waals surface area contributed by atoms with E-state index < -0.39 is 26.5 Å². The van der Waals surface area contributed by atoms with Crippen LogP contribution in [0.25, 0.3) is 0 Å². The second kappa shape index (κ2) is 42.6. The number of carbonyl (C=O) groups is 2. The summed E-state index contributed by atoms with van der Waals surface area (Å²) in [5.74, 6) is -0.810. The van der Waals surface area contributed by atoms with Crippen LogP contribution in [0.1, 0.15) is 245 Å². The predicted octanol–water partition coefficient (Wildman–Crippen LogP) is 13.6. The van der Waals surface area contributed by atoms with Gasteiger partial charge in [-0.1, -0.05) is 219 Å². The number of rotatable bonds is 45. The van der Waals surface area contributed by atoms with E-state index in [1.807, 2.05) is 0 Å². The van der Waals surface area contributed by atoms with Crippen LogP contribution in [-0.2, 0) is 32.7 Å². The number of phosphoric acid groups is 1. The first kappa shape index (κ1) is 54.0. The third kappa shape index (κ3) is 42.4. The quantitative estimate of drug-likeness (QED) is 0.0350. The molecule has 0 saturated heterocycles. The molecule has 0 aliphatic rings. The number of unbranched alkanes of at least 4 members (excludes halogenated alkanes) is 32. The molecule has 0 bridgehead atoms. The number of phosphoric ester groups is 1. The zero-order valence-corrected chi connectivity index (χ0v) is 37.1. The minimum absolute atomic E-state index is 0.0582. The number of hydrogen-bond donors (Lipinski definition) is 2. The third-order valence-electron chi connectivity index (χ3n) is 10.5. The molecule has 0 saturated carbocycles. The maximum Gasteiger partial charge on any atom is 0.472 e. The van der Waals surface area contributed by atoms with Crippen LogP contribution >= 0.6 is 7.82 Å². The molecule has 55 heavy (non-hydrogen) atoms. The third-order valence-corrected chi connectivity index (χ3v) is 11.5. The highest BCUT2D eigenvalue weighted by Crippen LogP contribution is 2.43. The largest absolute Gasteiger partial charge is 0.472 e. The van der Waals surface area contributed by atoms with Gasteiger partial charge in [-0.15, -0.1) is 0 Å². The number of ether oxygens (including phenoxy) is 2. The average Bonchev–Trinajstić information content (AvgIpc) is 3.17. The molecule has 10 heteroatoms. The van der Waals surface area contributed by atoms with Gasteiger partial charge in [-0.05, 0) is 12.8 Å². The summed E-state index contributed by atoms with van der Waals surface area (Å²) >= 11 is 0. The highest BCUT2D eigenvalue weighted by atomic mass is 31.2. The summed E-state index contributed by atoms with van der Waals surface area (Å²) in [5.41, 5.74) is 5.35. The van der Waals surface area contributed by atoms with Crippen molar-refractivity contribution in [3.8, 4) is 0 Å². The van der Waals surface area contributed by atoms with Gasteiger partial charge in [-0.3, -0.25) is 18.6 Å². The molecule has 0 aromatic heterocycles. The Balaban J connectivity index is 4.03. The molecule has 0 aliphatic carbocycles. The Morgan fingerprint density at radius 3 is 1.11 bits per heavy atom. The maximum absolute atomic E-state index is 12.6. The van der Waals surface area contributed by atoms with Crippen molar-refractivity contribution in [1.29, 1.82) is 0 Å². The van der Waals surface area contributed by atoms with Crippen molar-refractivity contribution in [2.75, 3.05) is 26.4 Å². The van der Waals surface area contributed by atoms with Crippen molar-refractivity contribution >= 4 is 19.8 Å². The van der Waals surface area contributed by atoms with Crippen LogP contribution in [0.3, 0.4) is 0 Å². The van der Waals surface area contributed by atoms with Crippen LogP contribution in [0.15, 0.2) is 0 Å². The normalized spacial score (nSPS) is 13.2. The molecule has 0 aromatic rings. The molecule has 0 amide bonds. The summed E-state index contributed by atoms with van der Waals surface area (Å²) in [6.07, 6.45) is 42.8. The summed E-state index contributed by atoms with van der Waals surface area (Å²) in [4.78, 5) is 34.9. The Labute approximate surface area is 339 Å². The predicted molar refractivity (Wildman–Crippen MR) is 229 cm³/mol. The van der Waals surface area contributed by atoms with Crippen molar-refractivity contribution < 1.29 is 37.6 Å². The van der Waals surface area contributed by atoms with Gasteiger partial charge in [-0.25, -0.2) is 4.57 Å². The molecule has 0 aromatic carbocycles. The molecule has 2 unspecified atom stereocenters. The van der Waals surface area contributed by atoms with Gasteiger partial charge in [0.2, 0.25) is 0 Å². The fourth-order valence-electron chi connectivity index (χ4n) is 6.99. The molecule has 0 fully saturated rings. The van der Waals surface area contributed by atoms with E-state index in [2.05, 4.69) is 13.8 Å². The smallest absolute Gasteiger partial charge is 0.462 e. The topological polar surface area (TPSA) is 134 Å². The molecular formula is C45H90NO8P. The SMILES string of the molecule is CCCCCCCCCCCCCCCCCCCCCCC(=O)OC(COC(=O)CCCCCCCCCCCCCCCC)COP(=O)(O)OCCN. The zero-order valence-electron chi connectivity index (χ0n) is 36.2. The first-order valence-electron chi connectivity index (χ1n) is 23.5. The van der Waals surface area contributed by atoms with Crippen LogP contribution in [0.2, 0.25) is 0 Å². The van der Waals surface area contributed by atoms with E-state index in [9.17, 15) is 19.0 Å². The fraction of sp³-hybridized carbons (Fsp3) is 0.956. The summed E-state index contributed by atoms with van der Waals surface area (Å²) in [5, 5.41) is 0. The van der Waals surface area contributed by atoms with E-state index >= 15 is 0 Å². The molecule has 328 valence electrons. The highest BCUT2D eigenvalue weighted by molar-refractivity contribution is 7.47. The average molecular weight is 804 g/mol. The van der Waals surface area contributed by atoms with Gasteiger partial charge in [0.1, 0.15) is 6.61 Å². The van der Waals surface area contributed by atoms with Gasteiger partial charge >= 0.3 is 19.8 Å². The van der Waals surface area contributed by atoms with Crippen molar-refractivity contribution in [2.45, 2.75) is 251 Å². The Morgan fingerprint density at radius 1 is 0.473 bits per heavy atom. The van der Waals surface area contributed by atoms with E-state index in [-0.39, 0.29) is 38.6 Å². The highest BCUT2D eigenvalue weighted by Gasteiger charge is 2.26. The number of esters is 2. The first-order valence-corrected chi connectivity index (χ1v) is 25.0. The first-order chi connectivity index (χ1) is 26.8. The van der Waals surface area contributed by atoms with Gasteiger partial charge in [-0.2, -0.15) is 0 Å². The Kier molecular flexibility index (Phi) is 41.8. The molecule has 3 N–H and O–H groups in total. The van der Waals surface area contributed by atoms with Crippen LogP contribution in [-0.4, -0.2) is 49.3 Å². The van der Waals surface area contributed by atoms with Crippen LogP contribution in [0.5, 0.6) is 0 Å². The molecule has 0 radical (unpaired) electrons. The second-order valence-corrected chi connectivity index (χ2v) is 17.4. The van der Waals surface area contributed by atoms with Crippen molar-refractivity contribution in [3.05, 3.63) is 0 Å². The summed E-state index contributed by atoms with van der Waals surface area (Å²) in [6, 6.07) is 0. The van der Waals surface area contributed by atoms with E-state index in [0.29, 0.717) is 6.42 Å². The number of carbonyl (C=O) groups excluding carboxylic acids is 2. The monoisotopic (exact) mass is 804 g/mol. The minimum atomic E-state index is -4.37. The molecule has 0 rings (SSSR count). The fourth-order valence-corrected chi connectivity index (χ4v) is 7.76. The van der Waals surface area contributed by atoms with E-state index in [4.69, 9.17) is 24.3 Å². The van der Waals surface area contributed by atoms with Gasteiger partial charge < -0.3 is 20.1 Å².